The number of carbonyl (C=O) groups is 3. The second kappa shape index (κ2) is 52.9. The topological polar surface area (TPSA) is 78.9 Å². The molecule has 0 aliphatic heterocycles. The predicted molar refractivity (Wildman–Crippen MR) is 279 cm³/mol. The number of esters is 3. The van der Waals surface area contributed by atoms with Gasteiger partial charge in [0, 0.05) is 19.3 Å². The van der Waals surface area contributed by atoms with Crippen molar-refractivity contribution in [2.24, 2.45) is 0 Å². The molecule has 0 aromatic heterocycles. The van der Waals surface area contributed by atoms with E-state index in [9.17, 15) is 14.4 Å². The Morgan fingerprint density at radius 3 is 0.938 bits per heavy atom. The lowest BCUT2D eigenvalue weighted by Crippen LogP contribution is -2.30. The summed E-state index contributed by atoms with van der Waals surface area (Å²) in [5.74, 6) is -0.908. The van der Waals surface area contributed by atoms with Crippen molar-refractivity contribution in [1.82, 2.24) is 0 Å². The third kappa shape index (κ3) is 51.2. The Bertz CT molecular complexity index is 1310. The molecule has 0 N–H and O–H groups in total. The summed E-state index contributed by atoms with van der Waals surface area (Å²) in [6, 6.07) is 0. The average molecular weight is 903 g/mol. The van der Waals surface area contributed by atoms with Crippen molar-refractivity contribution in [3.8, 4) is 0 Å². The summed E-state index contributed by atoms with van der Waals surface area (Å²) in [6.07, 6.45) is 70.0. The lowest BCUT2D eigenvalue weighted by molar-refractivity contribution is -0.167. The summed E-state index contributed by atoms with van der Waals surface area (Å²) in [6.45, 7) is 6.44. The molecule has 0 rings (SSSR count). The van der Waals surface area contributed by atoms with Crippen molar-refractivity contribution in [2.75, 3.05) is 13.2 Å². The van der Waals surface area contributed by atoms with Gasteiger partial charge in [-0.2, -0.15) is 0 Å². The van der Waals surface area contributed by atoms with E-state index < -0.39 is 6.10 Å². The summed E-state index contributed by atoms with van der Waals surface area (Å²) < 4.78 is 16.7. The van der Waals surface area contributed by atoms with Gasteiger partial charge in [0.15, 0.2) is 6.10 Å². The van der Waals surface area contributed by atoms with Crippen LogP contribution in [0.5, 0.6) is 0 Å². The van der Waals surface area contributed by atoms with Gasteiger partial charge >= 0.3 is 17.9 Å². The highest BCUT2D eigenvalue weighted by Crippen LogP contribution is 2.14. The maximum atomic E-state index is 12.7. The average Bonchev–Trinajstić information content (AvgIpc) is 3.30. The SMILES string of the molecule is CC/C=C\C/C=C\C/C=C\C/C=C\C/C=C\C/C=C\C/C=C\C/C=C\CCCCCCCCC(=O)OCC(COC(=O)CCCCCCCCC)OC(=O)CCCCCCCCCCC. The molecule has 1 atom stereocenters. The summed E-state index contributed by atoms with van der Waals surface area (Å²) >= 11 is 0. The highest BCUT2D eigenvalue weighted by atomic mass is 16.6. The minimum absolute atomic E-state index is 0.0803. The van der Waals surface area contributed by atoms with Gasteiger partial charge in [0.1, 0.15) is 13.2 Å². The fourth-order valence-corrected chi connectivity index (χ4v) is 7.10. The number of ether oxygens (including phenoxy) is 3. The maximum absolute atomic E-state index is 12.7. The van der Waals surface area contributed by atoms with E-state index in [-0.39, 0.29) is 31.1 Å². The van der Waals surface area contributed by atoms with Gasteiger partial charge < -0.3 is 14.2 Å². The van der Waals surface area contributed by atoms with Crippen molar-refractivity contribution in [3.63, 3.8) is 0 Å². The van der Waals surface area contributed by atoms with Crippen LogP contribution in [-0.4, -0.2) is 37.2 Å². The van der Waals surface area contributed by atoms with Crippen LogP contribution in [-0.2, 0) is 28.6 Å². The molecule has 0 spiro atoms. The Hall–Kier alpha value is -3.67. The molecule has 0 saturated heterocycles. The Morgan fingerprint density at radius 1 is 0.323 bits per heavy atom. The van der Waals surface area contributed by atoms with Gasteiger partial charge in [-0.1, -0.05) is 234 Å². The fourth-order valence-electron chi connectivity index (χ4n) is 7.10. The molecule has 0 aromatic rings. The summed E-state index contributed by atoms with van der Waals surface area (Å²) in [5.41, 5.74) is 0. The quantitative estimate of drug-likeness (QED) is 0.0262. The standard InChI is InChI=1S/C59H98O6/c1-4-7-10-13-16-18-19-20-21-22-23-24-25-26-27-28-29-30-31-32-33-34-35-36-37-38-39-41-43-46-49-52-58(61)64-55-56(54-63-57(60)51-48-45-42-15-12-9-6-3)65-59(62)53-50-47-44-40-17-14-11-8-5-2/h7,10,16,18,20-21,23-24,26-27,29-30,32-33,35-36,56H,4-6,8-9,11-15,17,19,22,25,28,31,34,37-55H2,1-3H3/b10-7-,18-16-,21-20-,24-23-,27-26-,30-29-,33-32-,36-35-. The van der Waals surface area contributed by atoms with E-state index in [1.54, 1.807) is 0 Å². The number of carbonyl (C=O) groups excluding carboxylic acids is 3. The molecule has 65 heavy (non-hydrogen) atoms. The molecular weight excluding hydrogens is 805 g/mol. The van der Waals surface area contributed by atoms with Crippen molar-refractivity contribution in [1.29, 1.82) is 0 Å². The van der Waals surface area contributed by atoms with Gasteiger partial charge in [0.05, 0.1) is 0 Å². The minimum atomic E-state index is -0.776. The van der Waals surface area contributed by atoms with Gasteiger partial charge in [-0.3, -0.25) is 14.4 Å². The van der Waals surface area contributed by atoms with Gasteiger partial charge in [-0.25, -0.2) is 0 Å². The number of hydrogen-bond donors (Lipinski definition) is 0. The molecule has 6 heteroatoms. The first-order chi connectivity index (χ1) is 32.0. The van der Waals surface area contributed by atoms with Gasteiger partial charge in [0.25, 0.3) is 0 Å². The van der Waals surface area contributed by atoms with Crippen molar-refractivity contribution < 1.29 is 28.6 Å². The highest BCUT2D eigenvalue weighted by molar-refractivity contribution is 5.71. The summed E-state index contributed by atoms with van der Waals surface area (Å²) in [7, 11) is 0. The third-order valence-electron chi connectivity index (χ3n) is 11.1. The van der Waals surface area contributed by atoms with E-state index in [2.05, 4.69) is 118 Å². The molecule has 6 nitrogen and oxygen atoms in total. The van der Waals surface area contributed by atoms with Crippen LogP contribution in [0, 0.1) is 0 Å². The smallest absolute Gasteiger partial charge is 0.306 e. The maximum Gasteiger partial charge on any atom is 0.306 e. The monoisotopic (exact) mass is 903 g/mol. The second-order valence-electron chi connectivity index (χ2n) is 17.4. The molecule has 0 aliphatic rings. The lowest BCUT2D eigenvalue weighted by Gasteiger charge is -2.18. The molecule has 0 heterocycles. The normalized spacial score (nSPS) is 12.8. The van der Waals surface area contributed by atoms with Crippen LogP contribution in [0.25, 0.3) is 0 Å². The minimum Gasteiger partial charge on any atom is -0.462 e. The first-order valence-electron chi connectivity index (χ1n) is 26.7. The third-order valence-corrected chi connectivity index (χ3v) is 11.1. The van der Waals surface area contributed by atoms with E-state index >= 15 is 0 Å². The second-order valence-corrected chi connectivity index (χ2v) is 17.4. The Labute approximate surface area is 400 Å². The number of allylic oxidation sites excluding steroid dienone is 16. The van der Waals surface area contributed by atoms with Gasteiger partial charge in [-0.05, 0) is 83.5 Å². The van der Waals surface area contributed by atoms with E-state index in [0.717, 1.165) is 122 Å². The van der Waals surface area contributed by atoms with Crippen LogP contribution in [0.15, 0.2) is 97.2 Å². The Balaban J connectivity index is 4.11. The van der Waals surface area contributed by atoms with Crippen molar-refractivity contribution in [2.45, 2.75) is 245 Å². The number of rotatable bonds is 47. The summed E-state index contributed by atoms with van der Waals surface area (Å²) in [4.78, 5) is 37.7. The molecular formula is C59H98O6. The first-order valence-corrected chi connectivity index (χ1v) is 26.7. The lowest BCUT2D eigenvalue weighted by atomic mass is 10.1. The van der Waals surface area contributed by atoms with Crippen LogP contribution in [0.1, 0.15) is 239 Å². The molecule has 1 unspecified atom stereocenters. The zero-order valence-electron chi connectivity index (χ0n) is 42.2. The van der Waals surface area contributed by atoms with Crippen LogP contribution in [0.3, 0.4) is 0 Å². The number of hydrogen-bond acceptors (Lipinski definition) is 6. The number of unbranched alkanes of at least 4 members (excludes halogenated alkanes) is 20. The zero-order valence-corrected chi connectivity index (χ0v) is 42.2. The van der Waals surface area contributed by atoms with Crippen LogP contribution >= 0.6 is 0 Å². The molecule has 0 aromatic carbocycles. The Kier molecular flexibility index (Phi) is 50.0. The van der Waals surface area contributed by atoms with E-state index in [0.29, 0.717) is 19.3 Å². The van der Waals surface area contributed by atoms with Crippen molar-refractivity contribution in [3.05, 3.63) is 97.2 Å². The first kappa shape index (κ1) is 61.3. The largest absolute Gasteiger partial charge is 0.462 e. The van der Waals surface area contributed by atoms with E-state index in [4.69, 9.17) is 14.2 Å². The molecule has 370 valence electrons. The predicted octanol–water partition coefficient (Wildman–Crippen LogP) is 17.8. The highest BCUT2D eigenvalue weighted by Gasteiger charge is 2.19. The molecule has 0 amide bonds. The zero-order chi connectivity index (χ0) is 47.2. The van der Waals surface area contributed by atoms with Crippen LogP contribution in [0.2, 0.25) is 0 Å². The van der Waals surface area contributed by atoms with Crippen LogP contribution < -0.4 is 0 Å². The molecule has 0 radical (unpaired) electrons. The fraction of sp³-hybridized carbons (Fsp3) is 0.678. The van der Waals surface area contributed by atoms with Gasteiger partial charge in [-0.15, -0.1) is 0 Å². The van der Waals surface area contributed by atoms with E-state index in [1.807, 2.05) is 0 Å². The molecule has 0 saturated carbocycles. The van der Waals surface area contributed by atoms with Gasteiger partial charge in [0.2, 0.25) is 0 Å². The molecule has 0 aliphatic carbocycles. The van der Waals surface area contributed by atoms with E-state index in [1.165, 1.54) is 77.0 Å². The van der Waals surface area contributed by atoms with Crippen molar-refractivity contribution >= 4 is 17.9 Å². The van der Waals surface area contributed by atoms with Crippen LogP contribution in [0.4, 0.5) is 0 Å². The molecule has 0 fully saturated rings. The summed E-state index contributed by atoms with van der Waals surface area (Å²) in [5, 5.41) is 0. The Morgan fingerprint density at radius 2 is 0.600 bits per heavy atom. The molecule has 0 bridgehead atoms.